The van der Waals surface area contributed by atoms with E-state index in [0.717, 1.165) is 56.1 Å². The van der Waals surface area contributed by atoms with Gasteiger partial charge in [0.05, 0.1) is 10.9 Å². The molecule has 0 bridgehead atoms. The number of likely N-dealkylation sites (tertiary alicyclic amines) is 1. The number of hydrogen-bond donors (Lipinski definition) is 0. The van der Waals surface area contributed by atoms with Crippen molar-refractivity contribution in [2.24, 2.45) is 5.92 Å². The summed E-state index contributed by atoms with van der Waals surface area (Å²) in [4.78, 5) is 35.1. The van der Waals surface area contributed by atoms with Gasteiger partial charge in [0.2, 0.25) is 5.91 Å². The lowest BCUT2D eigenvalue weighted by Crippen LogP contribution is -2.53. The van der Waals surface area contributed by atoms with Gasteiger partial charge in [0.1, 0.15) is 23.6 Å². The second kappa shape index (κ2) is 13.0. The molecule has 0 unspecified atom stereocenters. The molecule has 2 aromatic carbocycles. The summed E-state index contributed by atoms with van der Waals surface area (Å²) in [6.07, 6.45) is 9.65. The van der Waals surface area contributed by atoms with E-state index in [-0.39, 0.29) is 34.6 Å². The average Bonchev–Trinajstić information content (AvgIpc) is 3.62. The number of fused-ring (bicyclic) bond motifs is 3. The Bertz CT molecular complexity index is 1830. The number of aromatic nitrogens is 3. The van der Waals surface area contributed by atoms with Crippen LogP contribution in [-0.2, 0) is 4.79 Å². The van der Waals surface area contributed by atoms with E-state index in [9.17, 15) is 4.79 Å². The van der Waals surface area contributed by atoms with Crippen molar-refractivity contribution in [1.82, 2.24) is 29.7 Å². The highest BCUT2D eigenvalue weighted by molar-refractivity contribution is 6.36. The summed E-state index contributed by atoms with van der Waals surface area (Å²) in [6, 6.07) is 11.5. The Labute approximate surface area is 280 Å². The third-order valence-corrected chi connectivity index (χ3v) is 10.2. The summed E-state index contributed by atoms with van der Waals surface area (Å²) in [5.41, 5.74) is 0.944. The fraction of sp³-hybridized carbons (Fsp3) is 0.444. The maximum atomic E-state index is 16.7. The highest BCUT2D eigenvalue weighted by Crippen LogP contribution is 2.40. The van der Waals surface area contributed by atoms with Gasteiger partial charge in [0.15, 0.2) is 5.82 Å². The minimum Gasteiger partial charge on any atom is -0.461 e. The number of ether oxygens (including phenoxy) is 1. The number of benzene rings is 2. The SMILES string of the molecule is CN(C)C/C=C/C(=O)N1CC(CN(C)c2nc(OCC34CCCN3CCC4)nc3c(F)c(-c4cccc5cccc(Cl)c45)ncc23)C1. The Balaban J connectivity index is 1.20. The smallest absolute Gasteiger partial charge is 0.319 e. The Hall–Kier alpha value is -3.86. The third kappa shape index (κ3) is 6.14. The van der Waals surface area contributed by atoms with Crippen LogP contribution in [0.2, 0.25) is 5.02 Å². The van der Waals surface area contributed by atoms with Crippen LogP contribution in [0.3, 0.4) is 0 Å². The van der Waals surface area contributed by atoms with Gasteiger partial charge in [-0.2, -0.15) is 9.97 Å². The van der Waals surface area contributed by atoms with Gasteiger partial charge in [0.25, 0.3) is 0 Å². The molecule has 1 amide bonds. The molecule has 0 radical (unpaired) electrons. The number of rotatable bonds is 10. The number of amides is 1. The topological polar surface area (TPSA) is 77.9 Å². The van der Waals surface area contributed by atoms with Crippen molar-refractivity contribution in [2.45, 2.75) is 31.2 Å². The predicted molar refractivity (Wildman–Crippen MR) is 185 cm³/mol. The molecule has 3 aliphatic rings. The molecule has 246 valence electrons. The minimum atomic E-state index is -0.539. The fourth-order valence-electron chi connectivity index (χ4n) is 7.53. The average molecular weight is 658 g/mol. The molecule has 4 aromatic rings. The van der Waals surface area contributed by atoms with E-state index in [4.69, 9.17) is 21.3 Å². The molecule has 11 heteroatoms. The van der Waals surface area contributed by atoms with Gasteiger partial charge in [-0.25, -0.2) is 4.39 Å². The molecule has 0 atom stereocenters. The first kappa shape index (κ1) is 31.7. The lowest BCUT2D eigenvalue weighted by molar-refractivity contribution is -0.131. The highest BCUT2D eigenvalue weighted by atomic mass is 35.5. The summed E-state index contributed by atoms with van der Waals surface area (Å²) >= 11 is 6.62. The standard InChI is InChI=1S/C36H41ClFN7O2/c1-42(2)16-6-13-29(46)44-21-24(22-44)20-43(3)34-27-19-39-32(26-11-4-9-25-10-5-12-28(37)30(25)26)31(38)33(27)40-35(41-34)47-23-36-14-7-17-45(36)18-8-15-36/h4-6,9-13,19,24H,7-8,14-18,20-23H2,1-3H3/b13-6+. The van der Waals surface area contributed by atoms with Gasteiger partial charge in [-0.1, -0.05) is 48.0 Å². The van der Waals surface area contributed by atoms with Gasteiger partial charge in [0, 0.05) is 67.4 Å². The van der Waals surface area contributed by atoms with Crippen LogP contribution < -0.4 is 9.64 Å². The molecule has 3 saturated heterocycles. The molecule has 7 rings (SSSR count). The Morgan fingerprint density at radius 1 is 1.11 bits per heavy atom. The van der Waals surface area contributed by atoms with E-state index in [1.54, 1.807) is 18.3 Å². The van der Waals surface area contributed by atoms with Crippen molar-refractivity contribution in [2.75, 3.05) is 71.9 Å². The molecule has 0 N–H and O–H groups in total. The fourth-order valence-corrected chi connectivity index (χ4v) is 7.81. The van der Waals surface area contributed by atoms with Crippen LogP contribution in [-0.4, -0.2) is 108 Å². The minimum absolute atomic E-state index is 0.00501. The first-order valence-corrected chi connectivity index (χ1v) is 16.8. The van der Waals surface area contributed by atoms with Gasteiger partial charge in [-0.15, -0.1) is 0 Å². The summed E-state index contributed by atoms with van der Waals surface area (Å²) in [7, 11) is 5.88. The number of pyridine rings is 1. The zero-order valence-corrected chi connectivity index (χ0v) is 28.0. The molecule has 0 saturated carbocycles. The van der Waals surface area contributed by atoms with Crippen LogP contribution in [0.4, 0.5) is 10.2 Å². The van der Waals surface area contributed by atoms with Crippen molar-refractivity contribution in [3.05, 3.63) is 65.6 Å². The monoisotopic (exact) mass is 657 g/mol. The molecular formula is C36H41ClFN7O2. The van der Waals surface area contributed by atoms with E-state index < -0.39 is 5.82 Å². The van der Waals surface area contributed by atoms with Crippen molar-refractivity contribution < 1.29 is 13.9 Å². The van der Waals surface area contributed by atoms with Crippen molar-refractivity contribution in [3.8, 4) is 17.3 Å². The first-order chi connectivity index (χ1) is 22.7. The number of likely N-dealkylation sites (N-methyl/N-ethyl adjacent to an activating group) is 1. The molecular weight excluding hydrogens is 617 g/mol. The summed E-state index contributed by atoms with van der Waals surface area (Å²) in [5.74, 6) is 0.290. The second-order valence-corrected chi connectivity index (χ2v) is 13.9. The van der Waals surface area contributed by atoms with Crippen LogP contribution in [0, 0.1) is 11.7 Å². The molecule has 47 heavy (non-hydrogen) atoms. The summed E-state index contributed by atoms with van der Waals surface area (Å²) < 4.78 is 23.1. The lowest BCUT2D eigenvalue weighted by Gasteiger charge is -2.40. The van der Waals surface area contributed by atoms with Crippen molar-refractivity contribution >= 4 is 45.0 Å². The van der Waals surface area contributed by atoms with E-state index >= 15 is 4.39 Å². The molecule has 5 heterocycles. The summed E-state index contributed by atoms with van der Waals surface area (Å²) in [6.45, 7) is 5.30. The van der Waals surface area contributed by atoms with Crippen LogP contribution in [0.25, 0.3) is 32.9 Å². The van der Waals surface area contributed by atoms with Gasteiger partial charge in [-0.05, 0) is 64.3 Å². The van der Waals surface area contributed by atoms with E-state index in [2.05, 4.69) is 14.9 Å². The molecule has 2 aromatic heterocycles. The van der Waals surface area contributed by atoms with Crippen molar-refractivity contribution in [1.29, 1.82) is 0 Å². The number of hydrogen-bond acceptors (Lipinski definition) is 8. The molecule has 0 aliphatic carbocycles. The van der Waals surface area contributed by atoms with Gasteiger partial charge < -0.3 is 19.4 Å². The normalized spacial score (nSPS) is 18.0. The highest BCUT2D eigenvalue weighted by Gasteiger charge is 2.45. The maximum Gasteiger partial charge on any atom is 0.319 e. The number of nitrogens with zero attached hydrogens (tertiary/aromatic N) is 7. The maximum absolute atomic E-state index is 16.7. The van der Waals surface area contributed by atoms with E-state index in [1.807, 2.05) is 72.3 Å². The number of carbonyl (C=O) groups excluding carboxylic acids is 1. The third-order valence-electron chi connectivity index (χ3n) is 9.93. The molecule has 3 aliphatic heterocycles. The largest absolute Gasteiger partial charge is 0.461 e. The second-order valence-electron chi connectivity index (χ2n) is 13.5. The Morgan fingerprint density at radius 2 is 1.85 bits per heavy atom. The Kier molecular flexibility index (Phi) is 8.76. The first-order valence-electron chi connectivity index (χ1n) is 16.5. The predicted octanol–water partition coefficient (Wildman–Crippen LogP) is 5.66. The number of anilines is 1. The lowest BCUT2D eigenvalue weighted by atomic mass is 9.95. The van der Waals surface area contributed by atoms with E-state index in [1.165, 1.54) is 0 Å². The number of carbonyl (C=O) groups is 1. The van der Waals surface area contributed by atoms with Crippen LogP contribution in [0.15, 0.2) is 54.7 Å². The van der Waals surface area contributed by atoms with E-state index in [0.29, 0.717) is 48.0 Å². The molecule has 3 fully saturated rings. The quantitative estimate of drug-likeness (QED) is 0.202. The van der Waals surface area contributed by atoms with Crippen molar-refractivity contribution in [3.63, 3.8) is 0 Å². The molecule has 0 spiro atoms. The van der Waals surface area contributed by atoms with Crippen LogP contribution >= 0.6 is 11.6 Å². The zero-order valence-electron chi connectivity index (χ0n) is 27.3. The Morgan fingerprint density at radius 3 is 2.60 bits per heavy atom. The van der Waals surface area contributed by atoms with Gasteiger partial charge in [-0.3, -0.25) is 14.7 Å². The summed E-state index contributed by atoms with van der Waals surface area (Å²) in [5, 5.41) is 2.69. The van der Waals surface area contributed by atoms with Crippen LogP contribution in [0.5, 0.6) is 6.01 Å². The van der Waals surface area contributed by atoms with Crippen LogP contribution in [0.1, 0.15) is 25.7 Å². The number of halogens is 2. The van der Waals surface area contributed by atoms with Gasteiger partial charge >= 0.3 is 6.01 Å². The molecule has 9 nitrogen and oxygen atoms in total. The zero-order chi connectivity index (χ0) is 32.7.